The predicted molar refractivity (Wildman–Crippen MR) is 67.9 cm³/mol. The molecule has 104 valence electrons. The topological polar surface area (TPSA) is 65.3 Å². The van der Waals surface area contributed by atoms with Crippen molar-refractivity contribution in [3.63, 3.8) is 0 Å². The Hall–Kier alpha value is -1.69. The van der Waals surface area contributed by atoms with Crippen LogP contribution in [0.2, 0.25) is 0 Å². The highest BCUT2D eigenvalue weighted by Crippen LogP contribution is 2.34. The van der Waals surface area contributed by atoms with Crippen LogP contribution in [0.25, 0.3) is 0 Å². The van der Waals surface area contributed by atoms with E-state index in [0.29, 0.717) is 13.0 Å². The molecule has 1 aromatic rings. The fraction of sp³-hybridized carbons (Fsp3) is 0.462. The molecule has 1 unspecified atom stereocenters. The Kier molecular flexibility index (Phi) is 3.99. The Balaban J connectivity index is 2.40. The molecule has 1 aliphatic heterocycles. The maximum absolute atomic E-state index is 14.1. The van der Waals surface area contributed by atoms with Crippen molar-refractivity contribution in [1.29, 1.82) is 5.41 Å². The number of halogens is 2. The third kappa shape index (κ3) is 2.53. The summed E-state index contributed by atoms with van der Waals surface area (Å²) in [7, 11) is 0. The van der Waals surface area contributed by atoms with E-state index in [9.17, 15) is 13.9 Å². The molecule has 0 bridgehead atoms. The van der Waals surface area contributed by atoms with Gasteiger partial charge in [-0.05, 0) is 26.2 Å². The van der Waals surface area contributed by atoms with Crippen LogP contribution in [0.3, 0.4) is 0 Å². The minimum atomic E-state index is -1.04. The predicted octanol–water partition coefficient (Wildman–Crippen LogP) is 2.91. The molecule has 0 saturated carbocycles. The van der Waals surface area contributed by atoms with Gasteiger partial charge in [-0.3, -0.25) is 0 Å². The van der Waals surface area contributed by atoms with Crippen molar-refractivity contribution >= 4 is 11.9 Å². The van der Waals surface area contributed by atoms with E-state index < -0.39 is 17.4 Å². The highest BCUT2D eigenvalue weighted by atomic mass is 19.1. The maximum atomic E-state index is 14.1. The number of ether oxygens (including phenoxy) is 1. The van der Waals surface area contributed by atoms with Crippen molar-refractivity contribution in [3.8, 4) is 5.75 Å². The molecular formula is C13H16F2N2O2. The number of aromatic hydroxyl groups is 1. The number of rotatable bonds is 3. The van der Waals surface area contributed by atoms with Crippen molar-refractivity contribution in [3.05, 3.63) is 22.8 Å². The first kappa shape index (κ1) is 13.7. The van der Waals surface area contributed by atoms with E-state index in [4.69, 9.17) is 10.1 Å². The molecule has 1 heterocycles. The van der Waals surface area contributed by atoms with Crippen LogP contribution >= 0.6 is 0 Å². The van der Waals surface area contributed by atoms with E-state index >= 15 is 0 Å². The summed E-state index contributed by atoms with van der Waals surface area (Å²) in [5.74, 6) is -2.55. The zero-order chi connectivity index (χ0) is 14.0. The molecule has 0 spiro atoms. The number of benzene rings is 1. The van der Waals surface area contributed by atoms with Gasteiger partial charge in [0, 0.05) is 18.4 Å². The van der Waals surface area contributed by atoms with Gasteiger partial charge in [0.1, 0.15) is 6.23 Å². The molecule has 3 N–H and O–H groups in total. The summed E-state index contributed by atoms with van der Waals surface area (Å²) in [6.07, 6.45) is 2.95. The van der Waals surface area contributed by atoms with E-state index in [1.54, 1.807) is 0 Å². The molecule has 1 aliphatic rings. The number of nitrogens with one attached hydrogen (secondary N) is 2. The van der Waals surface area contributed by atoms with Gasteiger partial charge in [0.05, 0.1) is 11.3 Å². The van der Waals surface area contributed by atoms with Crippen LogP contribution in [0, 0.1) is 24.0 Å². The molecule has 1 atom stereocenters. The number of hydrogen-bond donors (Lipinski definition) is 3. The van der Waals surface area contributed by atoms with Crippen LogP contribution in [-0.4, -0.2) is 24.2 Å². The van der Waals surface area contributed by atoms with Crippen LogP contribution in [-0.2, 0) is 4.74 Å². The van der Waals surface area contributed by atoms with E-state index in [1.807, 2.05) is 0 Å². The molecule has 19 heavy (non-hydrogen) atoms. The van der Waals surface area contributed by atoms with Crippen LogP contribution in [0.5, 0.6) is 5.75 Å². The van der Waals surface area contributed by atoms with Crippen LogP contribution in [0.15, 0.2) is 0 Å². The Labute approximate surface area is 109 Å². The second kappa shape index (κ2) is 5.52. The minimum Gasteiger partial charge on any atom is -0.504 e. The standard InChI is InChI=1S/C13H16F2N2O2/c1-7-10(14)12(8(6-16)13(18)11(7)15)17-9-4-2-3-5-19-9/h6,9,16-18H,2-5H2,1H3. The molecule has 0 radical (unpaired) electrons. The summed E-state index contributed by atoms with van der Waals surface area (Å²) in [5.41, 5.74) is -0.561. The van der Waals surface area contributed by atoms with Gasteiger partial charge < -0.3 is 20.6 Å². The molecule has 0 aromatic heterocycles. The number of hydrogen-bond acceptors (Lipinski definition) is 4. The van der Waals surface area contributed by atoms with Crippen molar-refractivity contribution in [2.75, 3.05) is 11.9 Å². The quantitative estimate of drug-likeness (QED) is 0.740. The van der Waals surface area contributed by atoms with E-state index in [1.165, 1.54) is 6.92 Å². The fourth-order valence-corrected chi connectivity index (χ4v) is 2.11. The average molecular weight is 270 g/mol. The van der Waals surface area contributed by atoms with Crippen molar-refractivity contribution in [2.45, 2.75) is 32.4 Å². The van der Waals surface area contributed by atoms with Gasteiger partial charge >= 0.3 is 0 Å². The molecular weight excluding hydrogens is 254 g/mol. The highest BCUT2D eigenvalue weighted by molar-refractivity contribution is 5.90. The van der Waals surface area contributed by atoms with E-state index in [-0.39, 0.29) is 23.0 Å². The lowest BCUT2D eigenvalue weighted by Gasteiger charge is -2.26. The third-order valence-corrected chi connectivity index (χ3v) is 3.24. The molecule has 1 saturated heterocycles. The van der Waals surface area contributed by atoms with Gasteiger partial charge in [-0.1, -0.05) is 0 Å². The van der Waals surface area contributed by atoms with Crippen LogP contribution in [0.1, 0.15) is 30.4 Å². The molecule has 2 rings (SSSR count). The zero-order valence-electron chi connectivity index (χ0n) is 10.6. The number of anilines is 1. The molecule has 0 aliphatic carbocycles. The highest BCUT2D eigenvalue weighted by Gasteiger charge is 2.23. The van der Waals surface area contributed by atoms with Crippen LogP contribution in [0.4, 0.5) is 14.5 Å². The van der Waals surface area contributed by atoms with Gasteiger partial charge in [0.15, 0.2) is 17.4 Å². The van der Waals surface area contributed by atoms with Crippen LogP contribution < -0.4 is 5.32 Å². The molecule has 4 nitrogen and oxygen atoms in total. The Morgan fingerprint density at radius 2 is 2.11 bits per heavy atom. The second-order valence-electron chi connectivity index (χ2n) is 4.53. The first-order chi connectivity index (χ1) is 9.06. The average Bonchev–Trinajstić information content (AvgIpc) is 2.44. The summed E-state index contributed by atoms with van der Waals surface area (Å²) in [5, 5.41) is 19.6. The summed E-state index contributed by atoms with van der Waals surface area (Å²) < 4.78 is 33.0. The molecule has 1 aromatic carbocycles. The summed E-state index contributed by atoms with van der Waals surface area (Å²) >= 11 is 0. The van der Waals surface area contributed by atoms with E-state index in [2.05, 4.69) is 5.32 Å². The number of phenols is 1. The third-order valence-electron chi connectivity index (χ3n) is 3.24. The Bertz CT molecular complexity index is 500. The Morgan fingerprint density at radius 3 is 2.68 bits per heavy atom. The summed E-state index contributed by atoms with van der Waals surface area (Å²) in [4.78, 5) is 0. The first-order valence-corrected chi connectivity index (χ1v) is 6.15. The van der Waals surface area contributed by atoms with Gasteiger partial charge in [-0.25, -0.2) is 8.78 Å². The van der Waals surface area contributed by atoms with Crippen molar-refractivity contribution in [1.82, 2.24) is 0 Å². The van der Waals surface area contributed by atoms with E-state index in [0.717, 1.165) is 19.1 Å². The summed E-state index contributed by atoms with van der Waals surface area (Å²) in [6.45, 7) is 1.82. The largest absolute Gasteiger partial charge is 0.504 e. The number of phenolic OH excluding ortho intramolecular Hbond substituents is 1. The molecule has 0 amide bonds. The zero-order valence-corrected chi connectivity index (χ0v) is 10.6. The van der Waals surface area contributed by atoms with Gasteiger partial charge in [0.25, 0.3) is 0 Å². The monoisotopic (exact) mass is 270 g/mol. The fourth-order valence-electron chi connectivity index (χ4n) is 2.11. The minimum absolute atomic E-state index is 0.0849. The Morgan fingerprint density at radius 1 is 1.37 bits per heavy atom. The maximum Gasteiger partial charge on any atom is 0.171 e. The lowest BCUT2D eigenvalue weighted by molar-refractivity contribution is 0.0341. The lowest BCUT2D eigenvalue weighted by Crippen LogP contribution is -2.28. The van der Waals surface area contributed by atoms with Gasteiger partial charge in [-0.15, -0.1) is 0 Å². The first-order valence-electron chi connectivity index (χ1n) is 6.15. The van der Waals surface area contributed by atoms with Gasteiger partial charge in [0.2, 0.25) is 0 Å². The lowest BCUT2D eigenvalue weighted by atomic mass is 10.1. The smallest absolute Gasteiger partial charge is 0.171 e. The van der Waals surface area contributed by atoms with Crippen molar-refractivity contribution < 1.29 is 18.6 Å². The SMILES string of the molecule is Cc1c(F)c(O)c(C=N)c(NC2CCCCO2)c1F. The molecule has 6 heteroatoms. The van der Waals surface area contributed by atoms with Gasteiger partial charge in [-0.2, -0.15) is 0 Å². The summed E-state index contributed by atoms with van der Waals surface area (Å²) in [6, 6.07) is 0. The molecule has 1 fully saturated rings. The normalized spacial score (nSPS) is 19.2. The van der Waals surface area contributed by atoms with Crippen molar-refractivity contribution in [2.24, 2.45) is 0 Å². The second-order valence-corrected chi connectivity index (χ2v) is 4.53.